The molecular formula is C96H62N2O2. The van der Waals surface area contributed by atoms with Crippen LogP contribution in [0.1, 0.15) is 70.8 Å². The lowest BCUT2D eigenvalue weighted by Gasteiger charge is -2.36. The van der Waals surface area contributed by atoms with Crippen LogP contribution >= 0.6 is 0 Å². The molecule has 2 aromatic heterocycles. The van der Waals surface area contributed by atoms with Crippen LogP contribution in [0.5, 0.6) is 0 Å². The van der Waals surface area contributed by atoms with Crippen molar-refractivity contribution >= 4 is 78.0 Å². The molecule has 1 unspecified atom stereocenters. The average molecular weight is 1280 g/mol. The zero-order valence-electron chi connectivity index (χ0n) is 55.3. The Morgan fingerprint density at radius 3 is 1.21 bits per heavy atom. The standard InChI is InChI=1S/C96H62N2O2/c1-94(2)80-33-11-4-21-67(80)71-48-45-60(54-86(71)94)98-62-47-50-73(76-30-19-32-78-75-26-10-17-40-90(75)100-93(76)78)88(56-62)95(3)81-34-12-5-22-68(81)72-49-46-61(55-87(72)95)97(59-43-41-57(42-44-59)66-29-18-31-77-74-25-9-16-39-89(74)99-92(66)77)63-51-58(52-64(98)53-63)65-28-20-38-85-91(65)79-27-8-15-37-84(79)96(85)82-35-13-6-23-69(82)70-24-7-14-36-83(70)96/h4-56H,1-3H3. The molecule has 22 rings (SSSR count). The van der Waals surface area contributed by atoms with E-state index in [0.717, 1.165) is 106 Å². The minimum absolute atomic E-state index is 0.272. The van der Waals surface area contributed by atoms with Crippen LogP contribution < -0.4 is 9.80 Å². The highest BCUT2D eigenvalue weighted by Crippen LogP contribution is 2.65. The van der Waals surface area contributed by atoms with Gasteiger partial charge in [0.15, 0.2) is 0 Å². The highest BCUT2D eigenvalue weighted by atomic mass is 16.3. The van der Waals surface area contributed by atoms with E-state index in [9.17, 15) is 0 Å². The number of para-hydroxylation sites is 4. The zero-order valence-corrected chi connectivity index (χ0v) is 55.3. The molecule has 468 valence electrons. The lowest BCUT2D eigenvalue weighted by atomic mass is 9.70. The second-order valence-corrected chi connectivity index (χ2v) is 28.7. The van der Waals surface area contributed by atoms with Crippen LogP contribution in [0.2, 0.25) is 0 Å². The van der Waals surface area contributed by atoms with Crippen LogP contribution in [0.3, 0.4) is 0 Å². The molecule has 0 saturated heterocycles. The minimum atomic E-state index is -0.682. The van der Waals surface area contributed by atoms with Gasteiger partial charge in [-0.05, 0) is 203 Å². The summed E-state index contributed by atoms with van der Waals surface area (Å²) in [5.74, 6) is 0. The fourth-order valence-corrected chi connectivity index (χ4v) is 19.1. The quantitative estimate of drug-likeness (QED) is 0.172. The molecule has 3 heterocycles. The van der Waals surface area contributed by atoms with Gasteiger partial charge in [0.05, 0.1) is 5.41 Å². The Morgan fingerprint density at radius 1 is 0.230 bits per heavy atom. The SMILES string of the molecule is CC1(C)c2ccccc2-c2ccc(N3c4cc(-c5cccc6c5-c5ccccc5C65c6ccccc6-c6ccccc65)cc(c4)N(c4ccc(-c5cccc6c5oc5ccccc56)cc4)c4ccc5c(c4)C(C)(c4ccccc4-5)c4cc3ccc4-c3cccc4c3oc3ccccc34)cc21. The van der Waals surface area contributed by atoms with Crippen LogP contribution in [0, 0.1) is 0 Å². The normalized spacial score (nSPS) is 15.7. The van der Waals surface area contributed by atoms with Gasteiger partial charge in [0.25, 0.3) is 0 Å². The van der Waals surface area contributed by atoms with Gasteiger partial charge in [-0.2, -0.15) is 0 Å². The number of rotatable bonds is 5. The molecule has 0 saturated carbocycles. The third-order valence-electron chi connectivity index (χ3n) is 23.5. The van der Waals surface area contributed by atoms with E-state index < -0.39 is 10.8 Å². The predicted octanol–water partition coefficient (Wildman–Crippen LogP) is 25.7. The molecule has 100 heavy (non-hydrogen) atoms. The molecular weight excluding hydrogens is 1210 g/mol. The molecule has 0 fully saturated rings. The first kappa shape index (κ1) is 55.6. The van der Waals surface area contributed by atoms with Crippen molar-refractivity contribution in [2.24, 2.45) is 0 Å². The second-order valence-electron chi connectivity index (χ2n) is 28.7. The molecule has 4 heteroatoms. The minimum Gasteiger partial charge on any atom is -0.455 e. The third kappa shape index (κ3) is 7.28. The number of hydrogen-bond donors (Lipinski definition) is 0. The van der Waals surface area contributed by atoms with Gasteiger partial charge in [-0.15, -0.1) is 0 Å². The fraction of sp³-hybridized carbons (Fsp3) is 0.0625. The summed E-state index contributed by atoms with van der Waals surface area (Å²) in [6.07, 6.45) is 0. The molecule has 0 N–H and O–H groups in total. The van der Waals surface area contributed by atoms with Crippen molar-refractivity contribution < 1.29 is 8.83 Å². The van der Waals surface area contributed by atoms with E-state index in [-0.39, 0.29) is 5.41 Å². The lowest BCUT2D eigenvalue weighted by Crippen LogP contribution is -2.25. The molecule has 1 spiro atoms. The maximum absolute atomic E-state index is 7.05. The molecule has 15 aromatic carbocycles. The number of hydrogen-bond acceptors (Lipinski definition) is 4. The molecule has 6 bridgehead atoms. The number of nitrogens with zero attached hydrogens (tertiary/aromatic N) is 2. The molecule has 0 radical (unpaired) electrons. The Hall–Kier alpha value is -12.5. The van der Waals surface area contributed by atoms with Gasteiger partial charge in [-0.3, -0.25) is 0 Å². The van der Waals surface area contributed by atoms with E-state index in [0.29, 0.717) is 0 Å². The first-order chi connectivity index (χ1) is 49.2. The van der Waals surface area contributed by atoms with E-state index in [1.807, 2.05) is 0 Å². The zero-order chi connectivity index (χ0) is 65.9. The van der Waals surface area contributed by atoms with Crippen LogP contribution in [-0.2, 0) is 16.2 Å². The summed E-state index contributed by atoms with van der Waals surface area (Å²) in [7, 11) is 0. The molecule has 4 aliphatic carbocycles. The van der Waals surface area contributed by atoms with Crippen LogP contribution in [0.25, 0.3) is 122 Å². The summed E-state index contributed by atoms with van der Waals surface area (Å²) >= 11 is 0. The van der Waals surface area contributed by atoms with Gasteiger partial charge in [0.2, 0.25) is 0 Å². The number of fused-ring (bicyclic) bond motifs is 28. The maximum Gasteiger partial charge on any atom is 0.143 e. The largest absolute Gasteiger partial charge is 0.455 e. The number of anilines is 6. The maximum atomic E-state index is 7.05. The van der Waals surface area contributed by atoms with E-state index in [4.69, 9.17) is 8.83 Å². The Balaban J connectivity index is 0.854. The van der Waals surface area contributed by atoms with Crippen LogP contribution in [0.15, 0.2) is 330 Å². The van der Waals surface area contributed by atoms with Gasteiger partial charge in [-0.25, -0.2) is 0 Å². The van der Waals surface area contributed by atoms with Crippen LogP contribution in [-0.4, -0.2) is 0 Å². The first-order valence-corrected chi connectivity index (χ1v) is 34.9. The fourth-order valence-electron chi connectivity index (χ4n) is 19.1. The smallest absolute Gasteiger partial charge is 0.143 e. The van der Waals surface area contributed by atoms with Gasteiger partial charge in [0, 0.05) is 77.6 Å². The molecule has 17 aromatic rings. The van der Waals surface area contributed by atoms with Gasteiger partial charge in [0.1, 0.15) is 22.3 Å². The Kier molecular flexibility index (Phi) is 11.2. The van der Waals surface area contributed by atoms with Crippen molar-refractivity contribution in [1.82, 2.24) is 0 Å². The summed E-state index contributed by atoms with van der Waals surface area (Å²) < 4.78 is 13.8. The van der Waals surface area contributed by atoms with Crippen molar-refractivity contribution in [3.05, 3.63) is 372 Å². The van der Waals surface area contributed by atoms with E-state index in [2.05, 4.69) is 352 Å². The second kappa shape index (κ2) is 20.1. The van der Waals surface area contributed by atoms with Gasteiger partial charge in [-0.1, -0.05) is 257 Å². The summed E-state index contributed by atoms with van der Waals surface area (Å²) in [5.41, 5.74) is 36.6. The number of benzene rings is 15. The highest BCUT2D eigenvalue weighted by Gasteiger charge is 2.52. The predicted molar refractivity (Wildman–Crippen MR) is 412 cm³/mol. The third-order valence-corrected chi connectivity index (χ3v) is 23.5. The topological polar surface area (TPSA) is 32.8 Å². The van der Waals surface area contributed by atoms with Crippen molar-refractivity contribution in [3.63, 3.8) is 0 Å². The van der Waals surface area contributed by atoms with Crippen molar-refractivity contribution in [3.8, 4) is 77.9 Å². The first-order valence-electron chi connectivity index (χ1n) is 34.9. The van der Waals surface area contributed by atoms with Crippen molar-refractivity contribution in [2.45, 2.75) is 37.0 Å². The van der Waals surface area contributed by atoms with E-state index >= 15 is 0 Å². The lowest BCUT2D eigenvalue weighted by molar-refractivity contribution is 0.660. The van der Waals surface area contributed by atoms with Crippen molar-refractivity contribution in [1.29, 1.82) is 0 Å². The summed E-state index contributed by atoms with van der Waals surface area (Å²) in [6, 6.07) is 121. The Bertz CT molecular complexity index is 6390. The van der Waals surface area contributed by atoms with Crippen molar-refractivity contribution in [2.75, 3.05) is 9.80 Å². The molecule has 1 atom stereocenters. The number of furan rings is 2. The summed E-state index contributed by atoms with van der Waals surface area (Å²) in [4.78, 5) is 5.09. The highest BCUT2D eigenvalue weighted by molar-refractivity contribution is 6.12. The summed E-state index contributed by atoms with van der Waals surface area (Å²) in [5, 5.41) is 4.43. The summed E-state index contributed by atoms with van der Waals surface area (Å²) in [6.45, 7) is 7.27. The van der Waals surface area contributed by atoms with Crippen LogP contribution in [0.4, 0.5) is 34.1 Å². The molecule has 5 aliphatic rings. The van der Waals surface area contributed by atoms with E-state index in [1.165, 1.54) is 100 Å². The average Bonchev–Trinajstić information content (AvgIpc) is 1.51. The molecule has 1 aliphatic heterocycles. The van der Waals surface area contributed by atoms with Gasteiger partial charge >= 0.3 is 0 Å². The molecule has 0 amide bonds. The Labute approximate surface area is 579 Å². The monoisotopic (exact) mass is 1270 g/mol. The van der Waals surface area contributed by atoms with Gasteiger partial charge < -0.3 is 18.6 Å². The van der Waals surface area contributed by atoms with E-state index in [1.54, 1.807) is 0 Å². The Morgan fingerprint density at radius 2 is 0.610 bits per heavy atom. The molecule has 4 nitrogen and oxygen atoms in total.